The molecule has 0 aliphatic carbocycles. The van der Waals surface area contributed by atoms with E-state index in [4.69, 9.17) is 5.11 Å². The summed E-state index contributed by atoms with van der Waals surface area (Å²) in [6, 6.07) is 0.495. The highest BCUT2D eigenvalue weighted by atomic mass is 16.3. The van der Waals surface area contributed by atoms with Gasteiger partial charge in [0.15, 0.2) is 0 Å². The van der Waals surface area contributed by atoms with E-state index in [-0.39, 0.29) is 5.54 Å². The van der Waals surface area contributed by atoms with Crippen molar-refractivity contribution in [2.24, 2.45) is 5.92 Å². The Morgan fingerprint density at radius 3 is 2.31 bits per heavy atom. The number of rotatable bonds is 2. The molecule has 0 amide bonds. The molecule has 1 heterocycles. The first-order chi connectivity index (χ1) is 7.34. The van der Waals surface area contributed by atoms with Gasteiger partial charge in [0.2, 0.25) is 0 Å². The van der Waals surface area contributed by atoms with Crippen LogP contribution >= 0.6 is 0 Å². The molecular weight excluding hydrogens is 200 g/mol. The largest absolute Gasteiger partial charge is 0.396 e. The number of likely N-dealkylation sites (N-methyl/N-ethyl adjacent to an activating group) is 1. The van der Waals surface area contributed by atoms with E-state index < -0.39 is 0 Å². The molecule has 0 saturated carbocycles. The first kappa shape index (κ1) is 13.9. The molecule has 0 aromatic rings. The smallest absolute Gasteiger partial charge is 0.0446 e. The number of hydrogen-bond acceptors (Lipinski definition) is 3. The summed E-state index contributed by atoms with van der Waals surface area (Å²) in [6.45, 7) is 12.8. The van der Waals surface area contributed by atoms with Gasteiger partial charge in [-0.25, -0.2) is 0 Å². The van der Waals surface area contributed by atoms with Crippen LogP contribution < -0.4 is 0 Å². The van der Waals surface area contributed by atoms with Crippen LogP contribution in [-0.4, -0.2) is 59.8 Å². The monoisotopic (exact) mass is 228 g/mol. The van der Waals surface area contributed by atoms with E-state index in [1.807, 2.05) is 0 Å². The zero-order valence-corrected chi connectivity index (χ0v) is 11.5. The lowest BCUT2D eigenvalue weighted by molar-refractivity contribution is 0.103. The summed E-state index contributed by atoms with van der Waals surface area (Å²) in [4.78, 5) is 4.97. The van der Waals surface area contributed by atoms with Gasteiger partial charge in [0.25, 0.3) is 0 Å². The molecule has 0 spiro atoms. The fourth-order valence-corrected chi connectivity index (χ4v) is 2.55. The molecule has 3 nitrogen and oxygen atoms in total. The Balaban J connectivity index is 2.73. The molecule has 1 aliphatic heterocycles. The van der Waals surface area contributed by atoms with Crippen molar-refractivity contribution in [3.05, 3.63) is 0 Å². The second-order valence-electron chi connectivity index (χ2n) is 6.29. The molecular formula is C13H28N2O. The van der Waals surface area contributed by atoms with E-state index in [9.17, 15) is 0 Å². The first-order valence-electron chi connectivity index (χ1n) is 6.40. The summed E-state index contributed by atoms with van der Waals surface area (Å²) < 4.78 is 0. The van der Waals surface area contributed by atoms with Crippen LogP contribution in [0.15, 0.2) is 0 Å². The normalized spacial score (nSPS) is 30.4. The Kier molecular flexibility index (Phi) is 4.77. The van der Waals surface area contributed by atoms with Gasteiger partial charge in [-0.05, 0) is 40.2 Å². The van der Waals surface area contributed by atoms with Gasteiger partial charge in [0, 0.05) is 37.8 Å². The molecule has 1 rings (SSSR count). The van der Waals surface area contributed by atoms with E-state index in [0.717, 1.165) is 26.1 Å². The molecule has 16 heavy (non-hydrogen) atoms. The van der Waals surface area contributed by atoms with Gasteiger partial charge >= 0.3 is 0 Å². The Hall–Kier alpha value is -0.120. The van der Waals surface area contributed by atoms with Crippen LogP contribution in [0.25, 0.3) is 0 Å². The summed E-state index contributed by atoms with van der Waals surface area (Å²) in [5.41, 5.74) is 0.229. The zero-order chi connectivity index (χ0) is 12.3. The Morgan fingerprint density at radius 2 is 1.81 bits per heavy atom. The minimum absolute atomic E-state index is 0.229. The molecule has 1 saturated heterocycles. The number of aliphatic hydroxyl groups is 1. The second-order valence-corrected chi connectivity index (χ2v) is 6.29. The average molecular weight is 228 g/mol. The first-order valence-corrected chi connectivity index (χ1v) is 6.40. The van der Waals surface area contributed by atoms with E-state index in [1.54, 1.807) is 0 Å². The van der Waals surface area contributed by atoms with Crippen molar-refractivity contribution in [3.63, 3.8) is 0 Å². The fourth-order valence-electron chi connectivity index (χ4n) is 2.55. The lowest BCUT2D eigenvalue weighted by Gasteiger charge is -2.37. The highest BCUT2D eigenvalue weighted by Crippen LogP contribution is 2.22. The molecule has 2 unspecified atom stereocenters. The standard InChI is InChI=1S/C13H28N2O/c1-11-8-14(5)12(6-7-16)10-15(9-11)13(2,3)4/h11-12,16H,6-10H2,1-5H3. The van der Waals surface area contributed by atoms with Crippen molar-refractivity contribution < 1.29 is 5.11 Å². The zero-order valence-electron chi connectivity index (χ0n) is 11.5. The third kappa shape index (κ3) is 3.72. The van der Waals surface area contributed by atoms with E-state index in [0.29, 0.717) is 18.6 Å². The maximum atomic E-state index is 9.14. The van der Waals surface area contributed by atoms with Crippen molar-refractivity contribution in [1.29, 1.82) is 0 Å². The van der Waals surface area contributed by atoms with Crippen LogP contribution in [0.2, 0.25) is 0 Å². The highest BCUT2D eigenvalue weighted by Gasteiger charge is 2.30. The van der Waals surface area contributed by atoms with E-state index in [1.165, 1.54) is 0 Å². The van der Waals surface area contributed by atoms with Crippen LogP contribution in [0.4, 0.5) is 0 Å². The van der Waals surface area contributed by atoms with E-state index >= 15 is 0 Å². The molecule has 96 valence electrons. The quantitative estimate of drug-likeness (QED) is 0.774. The predicted octanol–water partition coefficient (Wildman–Crippen LogP) is 1.42. The maximum absolute atomic E-state index is 9.14. The molecule has 1 N–H and O–H groups in total. The van der Waals surface area contributed by atoms with E-state index in [2.05, 4.69) is 44.5 Å². The number of aliphatic hydroxyl groups excluding tert-OH is 1. The van der Waals surface area contributed by atoms with Crippen molar-refractivity contribution in [2.45, 2.75) is 45.7 Å². The van der Waals surface area contributed by atoms with Gasteiger partial charge in [-0.1, -0.05) is 6.92 Å². The lowest BCUT2D eigenvalue weighted by atomic mass is 10.0. The second kappa shape index (κ2) is 5.48. The predicted molar refractivity (Wildman–Crippen MR) is 68.6 cm³/mol. The Labute approximate surface area is 100 Å². The van der Waals surface area contributed by atoms with Gasteiger partial charge in [-0.2, -0.15) is 0 Å². The highest BCUT2D eigenvalue weighted by molar-refractivity contribution is 4.86. The minimum Gasteiger partial charge on any atom is -0.396 e. The van der Waals surface area contributed by atoms with Crippen LogP contribution in [0.5, 0.6) is 0 Å². The molecule has 0 radical (unpaired) electrons. The Morgan fingerprint density at radius 1 is 1.19 bits per heavy atom. The third-order valence-electron chi connectivity index (χ3n) is 3.60. The van der Waals surface area contributed by atoms with Gasteiger partial charge in [0.1, 0.15) is 0 Å². The molecule has 1 fully saturated rings. The van der Waals surface area contributed by atoms with Gasteiger partial charge < -0.3 is 10.0 Å². The summed E-state index contributed by atoms with van der Waals surface area (Å²) in [5.74, 6) is 0.702. The number of nitrogens with zero attached hydrogens (tertiary/aromatic N) is 2. The molecule has 3 heteroatoms. The topological polar surface area (TPSA) is 26.7 Å². The summed E-state index contributed by atoms with van der Waals surface area (Å²) in [7, 11) is 2.18. The third-order valence-corrected chi connectivity index (χ3v) is 3.60. The fraction of sp³-hybridized carbons (Fsp3) is 1.00. The summed E-state index contributed by atoms with van der Waals surface area (Å²) in [6.07, 6.45) is 0.885. The Bertz CT molecular complexity index is 212. The van der Waals surface area contributed by atoms with Crippen molar-refractivity contribution in [2.75, 3.05) is 33.3 Å². The SMILES string of the molecule is CC1CN(C)C(CCO)CN(C(C)(C)C)C1. The van der Waals surface area contributed by atoms with Crippen molar-refractivity contribution in [3.8, 4) is 0 Å². The van der Waals surface area contributed by atoms with Crippen LogP contribution in [0.3, 0.4) is 0 Å². The maximum Gasteiger partial charge on any atom is 0.0446 e. The summed E-state index contributed by atoms with van der Waals surface area (Å²) >= 11 is 0. The van der Waals surface area contributed by atoms with Crippen molar-refractivity contribution >= 4 is 0 Å². The number of hydrogen-bond donors (Lipinski definition) is 1. The molecule has 0 aromatic carbocycles. The molecule has 2 atom stereocenters. The minimum atomic E-state index is 0.229. The molecule has 1 aliphatic rings. The average Bonchev–Trinajstić information content (AvgIpc) is 2.26. The van der Waals surface area contributed by atoms with Gasteiger partial charge in [-0.3, -0.25) is 4.90 Å². The van der Waals surface area contributed by atoms with Crippen LogP contribution in [-0.2, 0) is 0 Å². The lowest BCUT2D eigenvalue weighted by Crippen LogP contribution is -2.47. The van der Waals surface area contributed by atoms with Gasteiger partial charge in [0.05, 0.1) is 0 Å². The van der Waals surface area contributed by atoms with Crippen LogP contribution in [0, 0.1) is 5.92 Å². The molecule has 0 aromatic heterocycles. The van der Waals surface area contributed by atoms with Gasteiger partial charge in [-0.15, -0.1) is 0 Å². The van der Waals surface area contributed by atoms with Crippen molar-refractivity contribution in [1.82, 2.24) is 9.80 Å². The molecule has 0 bridgehead atoms. The summed E-state index contributed by atoms with van der Waals surface area (Å²) in [5, 5.41) is 9.14. The van der Waals surface area contributed by atoms with Crippen LogP contribution in [0.1, 0.15) is 34.1 Å².